The summed E-state index contributed by atoms with van der Waals surface area (Å²) in [7, 11) is 0. The number of imide groups is 1. The molecule has 1 aliphatic rings. The number of aryl methyl sites for hydroxylation is 1. The third-order valence-corrected chi connectivity index (χ3v) is 6.31. The number of hydrogen-bond acceptors (Lipinski definition) is 3. The number of hydrogen-bond donors (Lipinski definition) is 1. The third kappa shape index (κ3) is 4.77. The van der Waals surface area contributed by atoms with E-state index < -0.39 is 6.03 Å². The van der Waals surface area contributed by atoms with Crippen molar-refractivity contribution in [2.24, 2.45) is 0 Å². The maximum absolute atomic E-state index is 13.2. The van der Waals surface area contributed by atoms with Gasteiger partial charge in [0, 0.05) is 16.1 Å². The summed E-state index contributed by atoms with van der Waals surface area (Å²) in [5.74, 6) is 0.219. The lowest BCUT2D eigenvalue weighted by Gasteiger charge is -2.14. The zero-order chi connectivity index (χ0) is 24.4. The molecule has 4 aromatic carbocycles. The van der Waals surface area contributed by atoms with Crippen LogP contribution < -0.4 is 10.1 Å². The second kappa shape index (κ2) is 9.65. The molecular weight excluding hydrogens is 460 g/mol. The van der Waals surface area contributed by atoms with Gasteiger partial charge in [0.15, 0.2) is 0 Å². The van der Waals surface area contributed by atoms with Crippen LogP contribution in [0.25, 0.3) is 16.8 Å². The van der Waals surface area contributed by atoms with Crippen LogP contribution in [0.3, 0.4) is 0 Å². The van der Waals surface area contributed by atoms with E-state index in [-0.39, 0.29) is 24.8 Å². The van der Waals surface area contributed by atoms with Crippen molar-refractivity contribution in [1.29, 1.82) is 0 Å². The molecule has 0 atom stereocenters. The van der Waals surface area contributed by atoms with Gasteiger partial charge in [0.05, 0.1) is 6.54 Å². The smallest absolute Gasteiger partial charge is 0.329 e. The van der Waals surface area contributed by atoms with Gasteiger partial charge in [-0.15, -0.1) is 0 Å². The fraction of sp³-hybridized carbons (Fsp3) is 0.103. The first-order valence-corrected chi connectivity index (χ1v) is 11.7. The molecule has 4 aromatic rings. The molecule has 6 heteroatoms. The van der Waals surface area contributed by atoms with Crippen LogP contribution in [-0.2, 0) is 17.9 Å². The van der Waals surface area contributed by atoms with Crippen molar-refractivity contribution in [3.05, 3.63) is 118 Å². The number of amides is 3. The van der Waals surface area contributed by atoms with Gasteiger partial charge in [0.25, 0.3) is 5.91 Å². The van der Waals surface area contributed by atoms with E-state index in [2.05, 4.69) is 5.32 Å². The molecule has 1 aliphatic heterocycles. The van der Waals surface area contributed by atoms with E-state index >= 15 is 0 Å². The summed E-state index contributed by atoms with van der Waals surface area (Å²) >= 11 is 6.30. The van der Waals surface area contributed by atoms with E-state index in [1.54, 1.807) is 6.08 Å². The quantitative estimate of drug-likeness (QED) is 0.253. The molecule has 5 rings (SSSR count). The molecule has 0 spiro atoms. The van der Waals surface area contributed by atoms with Crippen molar-refractivity contribution in [1.82, 2.24) is 10.2 Å². The van der Waals surface area contributed by atoms with Crippen molar-refractivity contribution in [3.8, 4) is 5.75 Å². The molecule has 0 unspecified atom stereocenters. The minimum Gasteiger partial charge on any atom is -0.488 e. The highest BCUT2D eigenvalue weighted by atomic mass is 35.5. The zero-order valence-corrected chi connectivity index (χ0v) is 19.9. The van der Waals surface area contributed by atoms with Crippen LogP contribution in [0.2, 0.25) is 5.02 Å². The first-order chi connectivity index (χ1) is 17.0. The maximum atomic E-state index is 13.2. The molecule has 0 radical (unpaired) electrons. The van der Waals surface area contributed by atoms with Gasteiger partial charge < -0.3 is 10.1 Å². The van der Waals surface area contributed by atoms with Gasteiger partial charge in [-0.1, -0.05) is 90.0 Å². The summed E-state index contributed by atoms with van der Waals surface area (Å²) in [5.41, 5.74) is 3.75. The zero-order valence-electron chi connectivity index (χ0n) is 19.1. The predicted octanol–water partition coefficient (Wildman–Crippen LogP) is 6.47. The monoisotopic (exact) mass is 482 g/mol. The molecule has 35 heavy (non-hydrogen) atoms. The predicted molar refractivity (Wildman–Crippen MR) is 138 cm³/mol. The van der Waals surface area contributed by atoms with Gasteiger partial charge in [0.2, 0.25) is 0 Å². The third-order valence-electron chi connectivity index (χ3n) is 5.95. The fourth-order valence-corrected chi connectivity index (χ4v) is 4.36. The Morgan fingerprint density at radius 1 is 0.943 bits per heavy atom. The molecule has 1 saturated heterocycles. The number of fused-ring (bicyclic) bond motifs is 1. The molecule has 1 heterocycles. The molecule has 3 amide bonds. The van der Waals surface area contributed by atoms with Gasteiger partial charge in [-0.05, 0) is 41.5 Å². The molecule has 0 saturated carbocycles. The van der Waals surface area contributed by atoms with Crippen molar-refractivity contribution < 1.29 is 14.3 Å². The Kier molecular flexibility index (Phi) is 6.25. The van der Waals surface area contributed by atoms with Crippen LogP contribution in [0.1, 0.15) is 22.3 Å². The lowest BCUT2D eigenvalue weighted by molar-refractivity contribution is -0.123. The first kappa shape index (κ1) is 22.7. The molecule has 174 valence electrons. The van der Waals surface area contributed by atoms with Crippen LogP contribution in [0, 0.1) is 6.92 Å². The number of urea groups is 1. The fourth-order valence-electron chi connectivity index (χ4n) is 4.17. The number of carbonyl (C=O) groups is 2. The lowest BCUT2D eigenvalue weighted by atomic mass is 10.0. The van der Waals surface area contributed by atoms with Gasteiger partial charge in [-0.3, -0.25) is 9.69 Å². The van der Waals surface area contributed by atoms with Crippen LogP contribution in [0.4, 0.5) is 4.79 Å². The minimum absolute atomic E-state index is 0.203. The van der Waals surface area contributed by atoms with Crippen LogP contribution in [0.15, 0.2) is 90.6 Å². The maximum Gasteiger partial charge on any atom is 0.329 e. The lowest BCUT2D eigenvalue weighted by Crippen LogP contribution is -2.30. The van der Waals surface area contributed by atoms with E-state index in [1.165, 1.54) is 4.90 Å². The highest BCUT2D eigenvalue weighted by molar-refractivity contribution is 6.31. The Bertz CT molecular complexity index is 1480. The standard InChI is InChI=1S/C29H23ClN2O3/c1-19-7-6-8-20(15-19)17-32-28(33)26(31-29(32)34)16-24-23-11-4-2-9-21(23)13-14-27(24)35-18-22-10-3-5-12-25(22)30/h2-16H,17-18H2,1H3,(H,31,34)/b26-16+. The Labute approximate surface area is 208 Å². The largest absolute Gasteiger partial charge is 0.488 e. The number of nitrogens with one attached hydrogen (secondary N) is 1. The number of rotatable bonds is 6. The summed E-state index contributed by atoms with van der Waals surface area (Å²) in [4.78, 5) is 27.1. The highest BCUT2D eigenvalue weighted by Crippen LogP contribution is 2.32. The SMILES string of the molecule is Cc1cccc(CN2C(=O)N/C(=C/c3c(OCc4ccccc4Cl)ccc4ccccc34)C2=O)c1. The number of carbonyl (C=O) groups excluding carboxylic acids is 2. The molecular formula is C29H23ClN2O3. The second-order valence-electron chi connectivity index (χ2n) is 8.45. The van der Waals surface area contributed by atoms with E-state index in [1.807, 2.05) is 91.9 Å². The summed E-state index contributed by atoms with van der Waals surface area (Å²) in [6.45, 7) is 2.45. The average molecular weight is 483 g/mol. The molecule has 1 fully saturated rings. The van der Waals surface area contributed by atoms with Crippen molar-refractivity contribution in [2.75, 3.05) is 0 Å². The molecule has 5 nitrogen and oxygen atoms in total. The summed E-state index contributed by atoms with van der Waals surface area (Å²) < 4.78 is 6.15. The number of nitrogens with zero attached hydrogens (tertiary/aromatic N) is 1. The molecule has 1 N–H and O–H groups in total. The molecule has 0 aliphatic carbocycles. The highest BCUT2D eigenvalue weighted by Gasteiger charge is 2.33. The molecule has 0 aromatic heterocycles. The van der Waals surface area contributed by atoms with Crippen LogP contribution in [0.5, 0.6) is 5.75 Å². The summed E-state index contributed by atoms with van der Waals surface area (Å²) in [6.07, 6.45) is 1.70. The Balaban J connectivity index is 1.49. The average Bonchev–Trinajstić information content (AvgIpc) is 3.12. The topological polar surface area (TPSA) is 58.6 Å². The van der Waals surface area contributed by atoms with E-state index in [9.17, 15) is 9.59 Å². The van der Waals surface area contributed by atoms with Gasteiger partial charge >= 0.3 is 6.03 Å². The van der Waals surface area contributed by atoms with E-state index in [0.717, 1.165) is 33.0 Å². The van der Waals surface area contributed by atoms with Gasteiger partial charge in [-0.25, -0.2) is 4.79 Å². The molecule has 0 bridgehead atoms. The van der Waals surface area contributed by atoms with Crippen LogP contribution in [-0.4, -0.2) is 16.8 Å². The van der Waals surface area contributed by atoms with Gasteiger partial charge in [-0.2, -0.15) is 0 Å². The van der Waals surface area contributed by atoms with Crippen molar-refractivity contribution in [3.63, 3.8) is 0 Å². The second-order valence-corrected chi connectivity index (χ2v) is 8.85. The Morgan fingerprint density at radius 2 is 1.74 bits per heavy atom. The normalized spacial score (nSPS) is 14.6. The first-order valence-electron chi connectivity index (χ1n) is 11.3. The van der Waals surface area contributed by atoms with E-state index in [4.69, 9.17) is 16.3 Å². The van der Waals surface area contributed by atoms with Gasteiger partial charge in [0.1, 0.15) is 18.1 Å². The number of halogens is 1. The van der Waals surface area contributed by atoms with E-state index in [0.29, 0.717) is 10.8 Å². The van der Waals surface area contributed by atoms with Crippen molar-refractivity contribution in [2.45, 2.75) is 20.1 Å². The minimum atomic E-state index is -0.443. The summed E-state index contributed by atoms with van der Waals surface area (Å²) in [5, 5.41) is 5.27. The Hall–Kier alpha value is -4.09. The number of ether oxygens (including phenoxy) is 1. The van der Waals surface area contributed by atoms with Crippen LogP contribution >= 0.6 is 11.6 Å². The van der Waals surface area contributed by atoms with Crippen molar-refractivity contribution >= 4 is 40.4 Å². The Morgan fingerprint density at radius 3 is 2.57 bits per heavy atom. The summed E-state index contributed by atoms with van der Waals surface area (Å²) in [6, 6.07) is 26.5. The number of benzene rings is 4.